The van der Waals surface area contributed by atoms with Crippen molar-refractivity contribution in [1.29, 1.82) is 0 Å². The zero-order valence-electron chi connectivity index (χ0n) is 7.79. The first-order chi connectivity index (χ1) is 7.45. The third-order valence-electron chi connectivity index (χ3n) is 2.28. The Morgan fingerprint density at radius 2 is 2.07 bits per heavy atom. The Labute approximate surface area is 85.5 Å². The molecule has 15 heavy (non-hydrogen) atoms. The zero-order chi connectivity index (χ0) is 10.1. The maximum atomic E-state index is 4.74. The summed E-state index contributed by atoms with van der Waals surface area (Å²) >= 11 is 0. The molecule has 2 aromatic heterocycles. The molecular weight excluding hydrogens is 190 g/mol. The van der Waals surface area contributed by atoms with Gasteiger partial charge in [-0.25, -0.2) is 0 Å². The first kappa shape index (κ1) is 8.11. The molecule has 1 aromatic carbocycles. The lowest BCUT2D eigenvalue weighted by atomic mass is 10.1. The van der Waals surface area contributed by atoms with Crippen LogP contribution < -0.4 is 0 Å². The molecule has 0 fully saturated rings. The minimum Gasteiger partial charge on any atom is -0.345 e. The predicted molar refractivity (Wildman–Crippen MR) is 55.0 cm³/mol. The predicted octanol–water partition coefficient (Wildman–Crippen LogP) is 2.28. The second-order valence-corrected chi connectivity index (χ2v) is 3.17. The van der Waals surface area contributed by atoms with Gasteiger partial charge in [-0.1, -0.05) is 18.2 Å². The van der Waals surface area contributed by atoms with Crippen molar-refractivity contribution < 1.29 is 4.52 Å². The fourth-order valence-corrected chi connectivity index (χ4v) is 1.61. The quantitative estimate of drug-likeness (QED) is 0.600. The Hall–Kier alpha value is -2.23. The average molecular weight is 197 g/mol. The van der Waals surface area contributed by atoms with E-state index in [9.17, 15) is 0 Å². The van der Waals surface area contributed by atoms with Gasteiger partial charge < -0.3 is 4.52 Å². The van der Waals surface area contributed by atoms with Crippen molar-refractivity contribution >= 4 is 10.9 Å². The Morgan fingerprint density at radius 3 is 2.93 bits per heavy atom. The molecule has 0 radical (unpaired) electrons. The van der Waals surface area contributed by atoms with E-state index < -0.39 is 0 Å². The minimum absolute atomic E-state index is 0.730. The summed E-state index contributed by atoms with van der Waals surface area (Å²) in [4.78, 5) is 4.27. The molecule has 0 spiro atoms. The van der Waals surface area contributed by atoms with Crippen molar-refractivity contribution in [2.24, 2.45) is 0 Å². The van der Waals surface area contributed by atoms with Crippen LogP contribution in [0.2, 0.25) is 0 Å². The topological polar surface area (TPSA) is 51.8 Å². The second kappa shape index (κ2) is 3.16. The Bertz CT molecular complexity index is 584. The normalized spacial score (nSPS) is 10.7. The van der Waals surface area contributed by atoms with Crippen molar-refractivity contribution in [3.05, 3.63) is 42.8 Å². The molecule has 4 heteroatoms. The van der Waals surface area contributed by atoms with Crippen LogP contribution in [0.4, 0.5) is 0 Å². The molecule has 0 aliphatic rings. The molecule has 72 valence electrons. The van der Waals surface area contributed by atoms with Gasteiger partial charge in [0.05, 0.1) is 5.52 Å². The molecule has 3 aromatic rings. The molecule has 0 atom stereocenters. The molecule has 0 saturated heterocycles. The monoisotopic (exact) mass is 197 g/mol. The molecule has 0 bridgehead atoms. The van der Waals surface area contributed by atoms with Gasteiger partial charge in [-0.05, 0) is 12.1 Å². The Balaban J connectivity index is 2.36. The van der Waals surface area contributed by atoms with E-state index in [-0.39, 0.29) is 0 Å². The van der Waals surface area contributed by atoms with E-state index in [4.69, 9.17) is 4.52 Å². The lowest BCUT2D eigenvalue weighted by Gasteiger charge is -2.00. The third kappa shape index (κ3) is 1.27. The first-order valence-electron chi connectivity index (χ1n) is 4.56. The number of pyridine rings is 1. The molecule has 0 aliphatic carbocycles. The highest BCUT2D eigenvalue weighted by molar-refractivity contribution is 5.93. The highest BCUT2D eigenvalue weighted by Crippen LogP contribution is 2.25. The van der Waals surface area contributed by atoms with Crippen LogP contribution in [0.5, 0.6) is 0 Å². The second-order valence-electron chi connectivity index (χ2n) is 3.17. The summed E-state index contributed by atoms with van der Waals surface area (Å²) in [5, 5.41) is 8.40. The van der Waals surface area contributed by atoms with Crippen molar-refractivity contribution in [2.45, 2.75) is 0 Å². The van der Waals surface area contributed by atoms with Crippen LogP contribution in [0.25, 0.3) is 22.2 Å². The summed E-state index contributed by atoms with van der Waals surface area (Å²) in [5.74, 6) is 0. The van der Waals surface area contributed by atoms with Crippen LogP contribution in [0.15, 0.2) is 47.3 Å². The van der Waals surface area contributed by atoms with Crippen molar-refractivity contribution in [3.8, 4) is 11.3 Å². The number of benzene rings is 1. The van der Waals surface area contributed by atoms with Crippen LogP contribution in [0, 0.1) is 0 Å². The van der Waals surface area contributed by atoms with Gasteiger partial charge >= 0.3 is 0 Å². The third-order valence-corrected chi connectivity index (χ3v) is 2.28. The van der Waals surface area contributed by atoms with Crippen LogP contribution >= 0.6 is 0 Å². The van der Waals surface area contributed by atoms with Crippen molar-refractivity contribution in [3.63, 3.8) is 0 Å². The van der Waals surface area contributed by atoms with Crippen LogP contribution in [-0.4, -0.2) is 15.4 Å². The standard InChI is InChI=1S/C11H7N3O/c1-3-9(11-7-15-14-13-11)8-4-2-6-12-10(8)5-1/h1-7H. The number of nitrogens with zero attached hydrogens (tertiary/aromatic N) is 3. The summed E-state index contributed by atoms with van der Waals surface area (Å²) in [6.45, 7) is 0. The van der Waals surface area contributed by atoms with E-state index in [2.05, 4.69) is 15.4 Å². The maximum Gasteiger partial charge on any atom is 0.152 e. The maximum absolute atomic E-state index is 4.74. The first-order valence-corrected chi connectivity index (χ1v) is 4.56. The number of rotatable bonds is 1. The van der Waals surface area contributed by atoms with Gasteiger partial charge in [-0.3, -0.25) is 4.98 Å². The lowest BCUT2D eigenvalue weighted by molar-refractivity contribution is 0.393. The number of fused-ring (bicyclic) bond motifs is 1. The molecule has 0 amide bonds. The van der Waals surface area contributed by atoms with Gasteiger partial charge in [0.25, 0.3) is 0 Å². The summed E-state index contributed by atoms with van der Waals surface area (Å²) in [6.07, 6.45) is 3.30. The van der Waals surface area contributed by atoms with Crippen LogP contribution in [-0.2, 0) is 0 Å². The van der Waals surface area contributed by atoms with Crippen LogP contribution in [0.3, 0.4) is 0 Å². The van der Waals surface area contributed by atoms with E-state index in [1.165, 1.54) is 6.26 Å². The zero-order valence-corrected chi connectivity index (χ0v) is 7.79. The number of aromatic nitrogens is 3. The highest BCUT2D eigenvalue weighted by atomic mass is 16.5. The summed E-state index contributed by atoms with van der Waals surface area (Å²) in [5.41, 5.74) is 2.66. The minimum atomic E-state index is 0.730. The highest BCUT2D eigenvalue weighted by Gasteiger charge is 2.06. The summed E-state index contributed by atoms with van der Waals surface area (Å²) < 4.78 is 4.74. The van der Waals surface area contributed by atoms with Gasteiger partial charge in [0.15, 0.2) is 6.26 Å². The molecule has 2 heterocycles. The van der Waals surface area contributed by atoms with E-state index >= 15 is 0 Å². The van der Waals surface area contributed by atoms with Crippen molar-refractivity contribution in [1.82, 2.24) is 15.4 Å². The fraction of sp³-hybridized carbons (Fsp3) is 0. The molecule has 0 N–H and O–H groups in total. The van der Waals surface area contributed by atoms with Gasteiger partial charge in [0.1, 0.15) is 5.69 Å². The summed E-state index contributed by atoms with van der Waals surface area (Å²) in [7, 11) is 0. The van der Waals surface area contributed by atoms with Gasteiger partial charge in [0, 0.05) is 22.4 Å². The molecule has 0 unspecified atom stereocenters. The fourth-order valence-electron chi connectivity index (χ4n) is 1.61. The number of hydrogen-bond donors (Lipinski definition) is 0. The Morgan fingerprint density at radius 1 is 1.07 bits per heavy atom. The SMILES string of the molecule is c1cc(-c2conn2)c2cccnc2c1. The lowest BCUT2D eigenvalue weighted by Crippen LogP contribution is -1.83. The number of hydrogen-bond acceptors (Lipinski definition) is 4. The van der Waals surface area contributed by atoms with Gasteiger partial charge in [-0.2, -0.15) is 0 Å². The van der Waals surface area contributed by atoms with E-state index in [0.717, 1.165) is 22.2 Å². The van der Waals surface area contributed by atoms with Gasteiger partial charge in [0.2, 0.25) is 0 Å². The largest absolute Gasteiger partial charge is 0.345 e. The summed E-state index contributed by atoms with van der Waals surface area (Å²) in [6, 6.07) is 9.79. The van der Waals surface area contributed by atoms with Crippen LogP contribution in [0.1, 0.15) is 0 Å². The molecule has 0 saturated carbocycles. The van der Waals surface area contributed by atoms with Crippen molar-refractivity contribution in [2.75, 3.05) is 0 Å². The molecule has 3 rings (SSSR count). The smallest absolute Gasteiger partial charge is 0.152 e. The van der Waals surface area contributed by atoms with E-state index in [1.54, 1.807) is 6.20 Å². The average Bonchev–Trinajstić information content (AvgIpc) is 2.82. The Kier molecular flexibility index (Phi) is 1.71. The van der Waals surface area contributed by atoms with E-state index in [0.29, 0.717) is 0 Å². The molecule has 4 nitrogen and oxygen atoms in total. The molecular formula is C11H7N3O. The van der Waals surface area contributed by atoms with E-state index in [1.807, 2.05) is 30.3 Å². The molecule has 0 aliphatic heterocycles. The van der Waals surface area contributed by atoms with Gasteiger partial charge in [-0.15, -0.1) is 5.10 Å².